The van der Waals surface area contributed by atoms with E-state index in [-0.39, 0.29) is 23.7 Å². The molecule has 2 rings (SSSR count). The molecule has 2 atom stereocenters. The number of carbonyl (C=O) groups excluding carboxylic acids is 1. The number of nitrogens with two attached hydrogens (primary N) is 1. The lowest BCUT2D eigenvalue weighted by molar-refractivity contribution is 0.0932. The van der Waals surface area contributed by atoms with E-state index in [9.17, 15) is 4.79 Å². The highest BCUT2D eigenvalue weighted by atomic mass is 35.5. The lowest BCUT2D eigenvalue weighted by atomic mass is 10.0. The monoisotopic (exact) mass is 295 g/mol. The molecule has 2 unspecified atom stereocenters. The van der Waals surface area contributed by atoms with E-state index in [1.165, 1.54) is 0 Å². The SMILES string of the molecule is Cc1cc(Cl)ccc1C(=O)NC1CCCC1/C(N)=N/O. The Balaban J connectivity index is 2.11. The van der Waals surface area contributed by atoms with E-state index in [2.05, 4.69) is 10.5 Å². The van der Waals surface area contributed by atoms with Gasteiger partial charge in [0.1, 0.15) is 5.84 Å². The van der Waals surface area contributed by atoms with Crippen molar-refractivity contribution in [3.8, 4) is 0 Å². The number of hydrogen-bond acceptors (Lipinski definition) is 3. The molecule has 1 saturated carbocycles. The number of carbonyl (C=O) groups is 1. The minimum Gasteiger partial charge on any atom is -0.409 e. The van der Waals surface area contributed by atoms with E-state index < -0.39 is 0 Å². The van der Waals surface area contributed by atoms with E-state index in [0.29, 0.717) is 10.6 Å². The molecule has 1 aliphatic carbocycles. The highest BCUT2D eigenvalue weighted by Crippen LogP contribution is 2.26. The number of amides is 1. The van der Waals surface area contributed by atoms with Crippen molar-refractivity contribution in [3.63, 3.8) is 0 Å². The first-order valence-electron chi connectivity index (χ1n) is 6.57. The smallest absolute Gasteiger partial charge is 0.251 e. The van der Waals surface area contributed by atoms with E-state index in [0.717, 1.165) is 24.8 Å². The van der Waals surface area contributed by atoms with Crippen molar-refractivity contribution in [2.45, 2.75) is 32.2 Å². The quantitative estimate of drug-likeness (QED) is 0.346. The number of benzene rings is 1. The zero-order valence-electron chi connectivity index (χ0n) is 11.3. The molecule has 1 amide bonds. The van der Waals surface area contributed by atoms with Crippen LogP contribution in [0.25, 0.3) is 0 Å². The van der Waals surface area contributed by atoms with Crippen LogP contribution in [0, 0.1) is 12.8 Å². The van der Waals surface area contributed by atoms with Gasteiger partial charge in [-0.3, -0.25) is 4.79 Å². The molecule has 1 fully saturated rings. The Morgan fingerprint density at radius 3 is 2.90 bits per heavy atom. The van der Waals surface area contributed by atoms with Crippen molar-refractivity contribution in [3.05, 3.63) is 34.3 Å². The Morgan fingerprint density at radius 2 is 2.25 bits per heavy atom. The van der Waals surface area contributed by atoms with Crippen LogP contribution in [0.1, 0.15) is 35.2 Å². The number of hydrogen-bond donors (Lipinski definition) is 3. The summed E-state index contributed by atoms with van der Waals surface area (Å²) >= 11 is 5.88. The van der Waals surface area contributed by atoms with Gasteiger partial charge in [0.25, 0.3) is 5.91 Å². The molecule has 0 aromatic heterocycles. The van der Waals surface area contributed by atoms with Crippen LogP contribution in [0.15, 0.2) is 23.4 Å². The van der Waals surface area contributed by atoms with Gasteiger partial charge in [0.2, 0.25) is 0 Å². The van der Waals surface area contributed by atoms with Crippen LogP contribution >= 0.6 is 11.6 Å². The molecule has 4 N–H and O–H groups in total. The Kier molecular flexibility index (Phi) is 4.49. The molecular weight excluding hydrogens is 278 g/mol. The molecule has 0 saturated heterocycles. The summed E-state index contributed by atoms with van der Waals surface area (Å²) in [6.07, 6.45) is 2.60. The van der Waals surface area contributed by atoms with Crippen LogP contribution < -0.4 is 11.1 Å². The Labute approximate surface area is 122 Å². The van der Waals surface area contributed by atoms with E-state index in [1.807, 2.05) is 6.92 Å². The second-order valence-corrected chi connectivity index (χ2v) is 5.54. The average molecular weight is 296 g/mol. The maximum Gasteiger partial charge on any atom is 0.251 e. The Bertz CT molecular complexity index is 545. The summed E-state index contributed by atoms with van der Waals surface area (Å²) in [4.78, 5) is 12.3. The van der Waals surface area contributed by atoms with E-state index >= 15 is 0 Å². The average Bonchev–Trinajstić information content (AvgIpc) is 2.85. The van der Waals surface area contributed by atoms with Gasteiger partial charge in [0.15, 0.2) is 0 Å². The number of amidine groups is 1. The summed E-state index contributed by atoms with van der Waals surface area (Å²) in [6, 6.07) is 5.07. The molecule has 0 aliphatic heterocycles. The predicted octanol–water partition coefficient (Wildman–Crippen LogP) is 2.29. The maximum atomic E-state index is 12.3. The third-order valence-corrected chi connectivity index (χ3v) is 4.00. The summed E-state index contributed by atoms with van der Waals surface area (Å²) in [5.41, 5.74) is 7.09. The summed E-state index contributed by atoms with van der Waals surface area (Å²) < 4.78 is 0. The second kappa shape index (κ2) is 6.13. The molecule has 0 heterocycles. The molecule has 1 aromatic carbocycles. The zero-order chi connectivity index (χ0) is 14.7. The molecule has 0 radical (unpaired) electrons. The van der Waals surface area contributed by atoms with Crippen LogP contribution in [-0.4, -0.2) is 23.0 Å². The standard InChI is InChI=1S/C14H18ClN3O2/c1-8-7-9(15)5-6-10(8)14(19)17-12-4-2-3-11(12)13(16)18-20/h5-7,11-12,20H,2-4H2,1H3,(H2,16,18)(H,17,19). The number of halogens is 1. The lowest BCUT2D eigenvalue weighted by Gasteiger charge is -2.20. The van der Waals surface area contributed by atoms with Crippen molar-refractivity contribution in [1.82, 2.24) is 5.32 Å². The highest BCUT2D eigenvalue weighted by Gasteiger charge is 2.32. The number of nitrogens with one attached hydrogen (secondary N) is 1. The van der Waals surface area contributed by atoms with E-state index in [1.54, 1.807) is 18.2 Å². The fraction of sp³-hybridized carbons (Fsp3) is 0.429. The first kappa shape index (κ1) is 14.7. The second-order valence-electron chi connectivity index (χ2n) is 5.10. The third kappa shape index (κ3) is 3.04. The van der Waals surface area contributed by atoms with Gasteiger partial charge in [-0.2, -0.15) is 0 Å². The fourth-order valence-electron chi connectivity index (χ4n) is 2.69. The highest BCUT2D eigenvalue weighted by molar-refractivity contribution is 6.30. The van der Waals surface area contributed by atoms with Crippen molar-refractivity contribution in [2.24, 2.45) is 16.8 Å². The van der Waals surface area contributed by atoms with Crippen molar-refractivity contribution in [2.75, 3.05) is 0 Å². The molecule has 0 bridgehead atoms. The molecular formula is C14H18ClN3O2. The Hall–Kier alpha value is -1.75. The molecule has 0 spiro atoms. The van der Waals surface area contributed by atoms with Crippen LogP contribution in [-0.2, 0) is 0 Å². The molecule has 20 heavy (non-hydrogen) atoms. The van der Waals surface area contributed by atoms with Gasteiger partial charge in [-0.15, -0.1) is 0 Å². The summed E-state index contributed by atoms with van der Waals surface area (Å²) in [5, 5.41) is 15.4. The van der Waals surface area contributed by atoms with Crippen LogP contribution in [0.2, 0.25) is 5.02 Å². The van der Waals surface area contributed by atoms with Gasteiger partial charge < -0.3 is 16.3 Å². The van der Waals surface area contributed by atoms with Crippen LogP contribution in [0.5, 0.6) is 0 Å². The normalized spacial score (nSPS) is 22.8. The summed E-state index contributed by atoms with van der Waals surface area (Å²) in [7, 11) is 0. The van der Waals surface area contributed by atoms with Crippen molar-refractivity contribution < 1.29 is 10.0 Å². The van der Waals surface area contributed by atoms with Crippen molar-refractivity contribution in [1.29, 1.82) is 0 Å². The number of oxime groups is 1. The van der Waals surface area contributed by atoms with Crippen LogP contribution in [0.3, 0.4) is 0 Å². The minimum atomic E-state index is -0.151. The first-order valence-corrected chi connectivity index (χ1v) is 6.95. The van der Waals surface area contributed by atoms with E-state index in [4.69, 9.17) is 22.5 Å². The minimum absolute atomic E-state index is 0.0894. The third-order valence-electron chi connectivity index (χ3n) is 3.76. The van der Waals surface area contributed by atoms with Gasteiger partial charge in [0.05, 0.1) is 0 Å². The van der Waals surface area contributed by atoms with Crippen LogP contribution in [0.4, 0.5) is 0 Å². The number of rotatable bonds is 3. The first-order chi connectivity index (χ1) is 9.52. The molecule has 5 nitrogen and oxygen atoms in total. The summed E-state index contributed by atoms with van der Waals surface area (Å²) in [6.45, 7) is 1.84. The predicted molar refractivity (Wildman–Crippen MR) is 78.2 cm³/mol. The lowest BCUT2D eigenvalue weighted by Crippen LogP contribution is -2.42. The molecule has 1 aromatic rings. The van der Waals surface area contributed by atoms with Gasteiger partial charge >= 0.3 is 0 Å². The van der Waals surface area contributed by atoms with Crippen molar-refractivity contribution >= 4 is 23.3 Å². The van der Waals surface area contributed by atoms with Gasteiger partial charge in [-0.05, 0) is 43.5 Å². The molecule has 1 aliphatic rings. The largest absolute Gasteiger partial charge is 0.409 e. The number of aryl methyl sites for hydroxylation is 1. The fourth-order valence-corrected chi connectivity index (χ4v) is 2.92. The maximum absolute atomic E-state index is 12.3. The topological polar surface area (TPSA) is 87.7 Å². The zero-order valence-corrected chi connectivity index (χ0v) is 12.0. The van der Waals surface area contributed by atoms with Gasteiger partial charge in [-0.1, -0.05) is 23.2 Å². The molecule has 6 heteroatoms. The number of nitrogens with zero attached hydrogens (tertiary/aromatic N) is 1. The molecule has 108 valence electrons. The Morgan fingerprint density at radius 1 is 1.50 bits per heavy atom. The summed E-state index contributed by atoms with van der Waals surface area (Å²) in [5.74, 6) is -0.0704. The van der Waals surface area contributed by atoms with Gasteiger partial charge in [0, 0.05) is 22.5 Å². The van der Waals surface area contributed by atoms with Gasteiger partial charge in [-0.25, -0.2) is 0 Å².